The van der Waals surface area contributed by atoms with Crippen LogP contribution in [-0.4, -0.2) is 34.5 Å². The maximum Gasteiger partial charge on any atom is 0.326 e. The molecule has 1 saturated heterocycles. The predicted octanol–water partition coefficient (Wildman–Crippen LogP) is 0.497. The van der Waals surface area contributed by atoms with Gasteiger partial charge in [-0.3, -0.25) is 4.79 Å². The average Bonchev–Trinajstić information content (AvgIpc) is 2.55. The number of amides is 1. The third-order valence-electron chi connectivity index (χ3n) is 2.45. The first kappa shape index (κ1) is 11.3. The fraction of sp³-hybridized carbons (Fsp3) is 0.455. The molecule has 4 nitrogen and oxygen atoms in total. The monoisotopic (exact) mass is 207 g/mol. The Balaban J connectivity index is 2.77. The summed E-state index contributed by atoms with van der Waals surface area (Å²) in [6, 6.07) is -0.826. The Labute approximate surface area is 88.6 Å². The van der Waals surface area contributed by atoms with Gasteiger partial charge in [0, 0.05) is 18.9 Å². The van der Waals surface area contributed by atoms with Crippen molar-refractivity contribution in [3.63, 3.8) is 0 Å². The summed E-state index contributed by atoms with van der Waals surface area (Å²) in [6.45, 7) is 3.81. The highest BCUT2D eigenvalue weighted by atomic mass is 16.4. The summed E-state index contributed by atoms with van der Waals surface area (Å²) in [7, 11) is 0. The van der Waals surface area contributed by atoms with Gasteiger partial charge in [0.15, 0.2) is 0 Å². The van der Waals surface area contributed by atoms with Crippen LogP contribution in [0.3, 0.4) is 0 Å². The Morgan fingerprint density at radius 1 is 1.87 bits per heavy atom. The van der Waals surface area contributed by atoms with Crippen molar-refractivity contribution in [2.45, 2.75) is 18.9 Å². The molecule has 1 N–H and O–H groups in total. The molecule has 0 spiro atoms. The number of terminal acetylenes is 1. The number of carbonyl (C=O) groups excluding carboxylic acids is 1. The third-order valence-corrected chi connectivity index (χ3v) is 2.45. The highest BCUT2D eigenvalue weighted by Gasteiger charge is 2.36. The predicted molar refractivity (Wildman–Crippen MR) is 54.9 cm³/mol. The second-order valence-corrected chi connectivity index (χ2v) is 3.49. The van der Waals surface area contributed by atoms with Crippen LogP contribution in [0.15, 0.2) is 12.7 Å². The molecular weight excluding hydrogens is 194 g/mol. The Bertz CT molecular complexity index is 329. The molecule has 1 amide bonds. The fourth-order valence-electron chi connectivity index (χ4n) is 1.66. The number of likely N-dealkylation sites (tertiary alicyclic amines) is 1. The third kappa shape index (κ3) is 2.38. The largest absolute Gasteiger partial charge is 0.480 e. The average molecular weight is 207 g/mol. The van der Waals surface area contributed by atoms with Crippen LogP contribution in [0, 0.1) is 18.3 Å². The Morgan fingerprint density at radius 2 is 2.53 bits per heavy atom. The number of nitrogens with zero attached hydrogens (tertiary/aromatic N) is 1. The molecule has 0 radical (unpaired) electrons. The van der Waals surface area contributed by atoms with Crippen molar-refractivity contribution in [3.05, 3.63) is 12.7 Å². The van der Waals surface area contributed by atoms with Gasteiger partial charge in [0.1, 0.15) is 6.04 Å². The van der Waals surface area contributed by atoms with Crippen molar-refractivity contribution in [3.8, 4) is 12.3 Å². The van der Waals surface area contributed by atoms with E-state index in [0.717, 1.165) is 0 Å². The van der Waals surface area contributed by atoms with Gasteiger partial charge in [-0.1, -0.05) is 6.08 Å². The van der Waals surface area contributed by atoms with Crippen molar-refractivity contribution in [2.75, 3.05) is 6.54 Å². The van der Waals surface area contributed by atoms with E-state index in [1.54, 1.807) is 0 Å². The van der Waals surface area contributed by atoms with Crippen molar-refractivity contribution in [2.24, 2.45) is 5.92 Å². The van der Waals surface area contributed by atoms with Crippen molar-refractivity contribution < 1.29 is 14.7 Å². The molecule has 0 aromatic heterocycles. The molecule has 1 aliphatic rings. The lowest BCUT2D eigenvalue weighted by Crippen LogP contribution is -2.41. The van der Waals surface area contributed by atoms with Gasteiger partial charge >= 0.3 is 5.97 Å². The number of carboxylic acids is 1. The topological polar surface area (TPSA) is 57.6 Å². The molecule has 1 rings (SSSR count). The lowest BCUT2D eigenvalue weighted by molar-refractivity contribution is -0.148. The van der Waals surface area contributed by atoms with Crippen molar-refractivity contribution in [1.29, 1.82) is 0 Å². The minimum absolute atomic E-state index is 0.163. The zero-order chi connectivity index (χ0) is 11.4. The van der Waals surface area contributed by atoms with Crippen LogP contribution in [0.25, 0.3) is 0 Å². The van der Waals surface area contributed by atoms with E-state index in [1.807, 2.05) is 0 Å². The van der Waals surface area contributed by atoms with Crippen molar-refractivity contribution in [1.82, 2.24) is 4.90 Å². The Kier molecular flexibility index (Phi) is 3.51. The van der Waals surface area contributed by atoms with E-state index in [0.29, 0.717) is 6.54 Å². The molecule has 80 valence electrons. The van der Waals surface area contributed by atoms with Gasteiger partial charge in [0.25, 0.3) is 0 Å². The van der Waals surface area contributed by atoms with Gasteiger partial charge in [-0.25, -0.2) is 4.79 Å². The van der Waals surface area contributed by atoms with Gasteiger partial charge in [-0.15, -0.1) is 18.9 Å². The number of rotatable bonds is 4. The molecule has 1 heterocycles. The molecule has 0 saturated carbocycles. The standard InChI is InChI=1S/C11H13NO3/c1-3-5-9(11(14)15)12-7-8(4-2)6-10(12)13/h2-3,8-9H,1,5-7H2,(H,14,15)/t8?,9-/m0/s1. The van der Waals surface area contributed by atoms with Crippen LogP contribution < -0.4 is 0 Å². The first-order valence-electron chi connectivity index (χ1n) is 4.69. The molecule has 1 unspecified atom stereocenters. The lowest BCUT2D eigenvalue weighted by Gasteiger charge is -2.23. The van der Waals surface area contributed by atoms with E-state index in [2.05, 4.69) is 12.5 Å². The summed E-state index contributed by atoms with van der Waals surface area (Å²) < 4.78 is 0. The van der Waals surface area contributed by atoms with E-state index in [1.165, 1.54) is 11.0 Å². The van der Waals surface area contributed by atoms with Crippen LogP contribution in [0.1, 0.15) is 12.8 Å². The maximum atomic E-state index is 11.5. The number of carbonyl (C=O) groups is 2. The molecule has 2 atom stereocenters. The molecule has 15 heavy (non-hydrogen) atoms. The smallest absolute Gasteiger partial charge is 0.326 e. The van der Waals surface area contributed by atoms with E-state index >= 15 is 0 Å². The van der Waals surface area contributed by atoms with Crippen molar-refractivity contribution >= 4 is 11.9 Å². The Morgan fingerprint density at radius 3 is 2.93 bits per heavy atom. The lowest BCUT2D eigenvalue weighted by atomic mass is 10.1. The van der Waals surface area contributed by atoms with Gasteiger partial charge < -0.3 is 10.0 Å². The second kappa shape index (κ2) is 4.65. The number of carboxylic acid groups (broad SMARTS) is 1. The van der Waals surface area contributed by atoms with Crippen LogP contribution in [-0.2, 0) is 9.59 Å². The first-order valence-corrected chi connectivity index (χ1v) is 4.69. The second-order valence-electron chi connectivity index (χ2n) is 3.49. The quantitative estimate of drug-likeness (QED) is 0.539. The molecule has 0 aromatic carbocycles. The summed E-state index contributed by atoms with van der Waals surface area (Å²) in [4.78, 5) is 23.7. The molecule has 0 aliphatic carbocycles. The molecule has 1 aliphatic heterocycles. The minimum atomic E-state index is -1.01. The number of aliphatic carboxylic acids is 1. The highest BCUT2D eigenvalue weighted by molar-refractivity contribution is 5.85. The summed E-state index contributed by atoms with van der Waals surface area (Å²) >= 11 is 0. The molecule has 1 fully saturated rings. The fourth-order valence-corrected chi connectivity index (χ4v) is 1.66. The normalized spacial score (nSPS) is 22.2. The first-order chi connectivity index (χ1) is 7.10. The van der Waals surface area contributed by atoms with E-state index < -0.39 is 12.0 Å². The van der Waals surface area contributed by atoms with Gasteiger partial charge in [0.2, 0.25) is 5.91 Å². The van der Waals surface area contributed by atoms with Gasteiger partial charge in [-0.2, -0.15) is 0 Å². The number of hydrogen-bond donors (Lipinski definition) is 1. The molecular formula is C11H13NO3. The van der Waals surface area contributed by atoms with E-state index in [4.69, 9.17) is 11.5 Å². The summed E-state index contributed by atoms with van der Waals surface area (Å²) in [5, 5.41) is 8.95. The Hall–Kier alpha value is -1.76. The maximum absolute atomic E-state index is 11.5. The zero-order valence-electron chi connectivity index (χ0n) is 8.35. The van der Waals surface area contributed by atoms with Crippen LogP contribution in [0.2, 0.25) is 0 Å². The SMILES string of the molecule is C#CC1CC(=O)N([C@@H](CC=C)C(=O)O)C1. The summed E-state index contributed by atoms with van der Waals surface area (Å²) in [5.74, 6) is 1.12. The van der Waals surface area contributed by atoms with Crippen LogP contribution in [0.5, 0.6) is 0 Å². The van der Waals surface area contributed by atoms with Crippen LogP contribution >= 0.6 is 0 Å². The van der Waals surface area contributed by atoms with E-state index in [9.17, 15) is 9.59 Å². The molecule has 0 bridgehead atoms. The highest BCUT2D eigenvalue weighted by Crippen LogP contribution is 2.21. The molecule has 0 aromatic rings. The summed E-state index contributed by atoms with van der Waals surface area (Å²) in [5.41, 5.74) is 0. The van der Waals surface area contributed by atoms with Gasteiger partial charge in [-0.05, 0) is 6.42 Å². The zero-order valence-corrected chi connectivity index (χ0v) is 8.35. The molecule has 4 heteroatoms. The van der Waals surface area contributed by atoms with Crippen LogP contribution in [0.4, 0.5) is 0 Å². The van der Waals surface area contributed by atoms with Gasteiger partial charge in [0.05, 0.1) is 0 Å². The minimum Gasteiger partial charge on any atom is -0.480 e. The number of hydrogen-bond acceptors (Lipinski definition) is 2. The summed E-state index contributed by atoms with van der Waals surface area (Å²) in [6.07, 6.45) is 7.20. The van der Waals surface area contributed by atoms with E-state index in [-0.39, 0.29) is 24.7 Å².